The molecule has 0 atom stereocenters. The predicted octanol–water partition coefficient (Wildman–Crippen LogP) is 13.8. The lowest BCUT2D eigenvalue weighted by molar-refractivity contribution is 0.633. The van der Waals surface area contributed by atoms with E-state index in [1.165, 1.54) is 22.3 Å². The predicted molar refractivity (Wildman–Crippen MR) is 208 cm³/mol. The molecule has 8 aromatic carbocycles. The van der Waals surface area contributed by atoms with E-state index in [9.17, 15) is 0 Å². The molecule has 0 N–H and O–H groups in total. The maximum atomic E-state index is 6.80. The van der Waals surface area contributed by atoms with Crippen LogP contribution in [0.15, 0.2) is 191 Å². The summed E-state index contributed by atoms with van der Waals surface area (Å²) in [6.07, 6.45) is 0. The molecule has 2 heteroatoms. The van der Waals surface area contributed by atoms with Crippen molar-refractivity contribution in [3.8, 4) is 55.6 Å². The first-order valence-electron chi connectivity index (χ1n) is 17.0. The van der Waals surface area contributed by atoms with Crippen molar-refractivity contribution in [2.75, 3.05) is 0 Å². The molecule has 0 unspecified atom stereocenters. The summed E-state index contributed by atoms with van der Waals surface area (Å²) in [4.78, 5) is 0. The van der Waals surface area contributed by atoms with Crippen molar-refractivity contribution in [3.63, 3.8) is 0 Å². The molecule has 0 saturated heterocycles. The number of rotatable bonds is 5. The van der Waals surface area contributed by atoms with Gasteiger partial charge in [-0.3, -0.25) is 0 Å². The highest BCUT2D eigenvalue weighted by Crippen LogP contribution is 2.46. The average Bonchev–Trinajstić information content (AvgIpc) is 3.77. The second-order valence-electron chi connectivity index (χ2n) is 12.9. The Hall–Kier alpha value is -6.64. The van der Waals surface area contributed by atoms with Crippen LogP contribution in [0.1, 0.15) is 0 Å². The third-order valence-corrected chi connectivity index (χ3v) is 9.85. The number of fused-ring (bicyclic) bond motifs is 7. The standard InChI is InChI=1S/C48H30O2/c1-5-13-31(14-6-1)35-21-23-44-41(28-35)42-30-40(39-26-37(33-17-9-3-10-18-33)25-38(27-39)34-19-11-4-12-20-34)46-43-29-36(32-15-7-2-8-16-32)22-24-45(43)50-48(46)47(42)49-44/h1-30H. The van der Waals surface area contributed by atoms with Gasteiger partial charge in [0, 0.05) is 21.5 Å². The summed E-state index contributed by atoms with van der Waals surface area (Å²) in [5.41, 5.74) is 14.8. The van der Waals surface area contributed by atoms with Crippen LogP contribution in [-0.2, 0) is 0 Å². The number of hydrogen-bond donors (Lipinski definition) is 0. The fraction of sp³-hybridized carbons (Fsp3) is 0. The lowest BCUT2D eigenvalue weighted by atomic mass is 9.90. The Morgan fingerprint density at radius 3 is 1.20 bits per heavy atom. The van der Waals surface area contributed by atoms with Crippen LogP contribution >= 0.6 is 0 Å². The monoisotopic (exact) mass is 638 g/mol. The van der Waals surface area contributed by atoms with Crippen molar-refractivity contribution in [2.24, 2.45) is 0 Å². The van der Waals surface area contributed by atoms with Crippen molar-refractivity contribution in [2.45, 2.75) is 0 Å². The molecule has 2 aromatic heterocycles. The minimum atomic E-state index is 0.765. The molecule has 0 amide bonds. The molecule has 2 heterocycles. The second kappa shape index (κ2) is 11.5. The van der Waals surface area contributed by atoms with E-state index >= 15 is 0 Å². The van der Waals surface area contributed by atoms with Crippen LogP contribution < -0.4 is 0 Å². The molecule has 0 aliphatic rings. The van der Waals surface area contributed by atoms with Gasteiger partial charge in [-0.25, -0.2) is 0 Å². The molecular weight excluding hydrogens is 609 g/mol. The Morgan fingerprint density at radius 2 is 0.680 bits per heavy atom. The van der Waals surface area contributed by atoms with Gasteiger partial charge in [-0.2, -0.15) is 0 Å². The zero-order valence-electron chi connectivity index (χ0n) is 27.1. The fourth-order valence-electron chi connectivity index (χ4n) is 7.40. The Bertz CT molecular complexity index is 2770. The topological polar surface area (TPSA) is 26.3 Å². The highest BCUT2D eigenvalue weighted by atomic mass is 16.4. The first-order valence-corrected chi connectivity index (χ1v) is 17.0. The van der Waals surface area contributed by atoms with Gasteiger partial charge in [-0.05, 0) is 104 Å². The molecule has 0 bridgehead atoms. The quantitative estimate of drug-likeness (QED) is 0.187. The SMILES string of the molecule is c1ccc(-c2cc(-c3ccccc3)cc(-c3cc4c5cc(-c6ccccc6)ccc5oc4c4oc5ccc(-c6ccccc6)cc5c34)c2)cc1. The molecule has 10 aromatic rings. The lowest BCUT2D eigenvalue weighted by Gasteiger charge is -2.13. The molecule has 0 fully saturated rings. The van der Waals surface area contributed by atoms with Crippen LogP contribution in [0.5, 0.6) is 0 Å². The first kappa shape index (κ1) is 28.4. The van der Waals surface area contributed by atoms with E-state index in [0.717, 1.165) is 77.3 Å². The minimum absolute atomic E-state index is 0.765. The Labute approximate surface area is 289 Å². The van der Waals surface area contributed by atoms with E-state index in [-0.39, 0.29) is 0 Å². The molecule has 50 heavy (non-hydrogen) atoms. The third kappa shape index (κ3) is 4.73. The van der Waals surface area contributed by atoms with Crippen LogP contribution in [0.25, 0.3) is 99.5 Å². The van der Waals surface area contributed by atoms with Crippen molar-refractivity contribution in [1.29, 1.82) is 0 Å². The van der Waals surface area contributed by atoms with Gasteiger partial charge in [0.2, 0.25) is 0 Å². The summed E-state index contributed by atoms with van der Waals surface area (Å²) in [6.45, 7) is 0. The molecule has 0 aliphatic heterocycles. The Kier molecular flexibility index (Phi) is 6.53. The summed E-state index contributed by atoms with van der Waals surface area (Å²) in [5, 5.41) is 4.22. The molecule has 0 aliphatic carbocycles. The van der Waals surface area contributed by atoms with Crippen LogP contribution in [0.2, 0.25) is 0 Å². The van der Waals surface area contributed by atoms with Crippen molar-refractivity contribution in [3.05, 3.63) is 182 Å². The molecule has 0 radical (unpaired) electrons. The zero-order chi connectivity index (χ0) is 33.0. The minimum Gasteiger partial charge on any atom is -0.452 e. The maximum Gasteiger partial charge on any atom is 0.179 e. The summed E-state index contributed by atoms with van der Waals surface area (Å²) >= 11 is 0. The first-order chi connectivity index (χ1) is 24.8. The van der Waals surface area contributed by atoms with Crippen LogP contribution in [0.4, 0.5) is 0 Å². The smallest absolute Gasteiger partial charge is 0.179 e. The number of benzene rings is 8. The summed E-state index contributed by atoms with van der Waals surface area (Å²) in [5.74, 6) is 0. The fourth-order valence-corrected chi connectivity index (χ4v) is 7.40. The van der Waals surface area contributed by atoms with E-state index in [0.29, 0.717) is 0 Å². The van der Waals surface area contributed by atoms with Gasteiger partial charge in [0.05, 0.1) is 0 Å². The molecule has 0 saturated carbocycles. The highest BCUT2D eigenvalue weighted by molar-refractivity contribution is 6.24. The van der Waals surface area contributed by atoms with Crippen molar-refractivity contribution < 1.29 is 8.83 Å². The second-order valence-corrected chi connectivity index (χ2v) is 12.9. The average molecular weight is 639 g/mol. The lowest BCUT2D eigenvalue weighted by Crippen LogP contribution is -1.87. The Morgan fingerprint density at radius 1 is 0.260 bits per heavy atom. The molecule has 234 valence electrons. The van der Waals surface area contributed by atoms with Crippen LogP contribution in [0.3, 0.4) is 0 Å². The summed E-state index contributed by atoms with van der Waals surface area (Å²) in [6, 6.07) is 64.5. The van der Waals surface area contributed by atoms with Gasteiger partial charge in [0.25, 0.3) is 0 Å². The van der Waals surface area contributed by atoms with Crippen molar-refractivity contribution in [1.82, 2.24) is 0 Å². The molecule has 0 spiro atoms. The highest BCUT2D eigenvalue weighted by Gasteiger charge is 2.22. The van der Waals surface area contributed by atoms with Gasteiger partial charge in [0.15, 0.2) is 11.2 Å². The van der Waals surface area contributed by atoms with Gasteiger partial charge < -0.3 is 8.83 Å². The van der Waals surface area contributed by atoms with E-state index in [4.69, 9.17) is 8.83 Å². The summed E-state index contributed by atoms with van der Waals surface area (Å²) < 4.78 is 13.5. The Balaban J connectivity index is 1.32. The van der Waals surface area contributed by atoms with Gasteiger partial charge >= 0.3 is 0 Å². The molecule has 2 nitrogen and oxygen atoms in total. The largest absolute Gasteiger partial charge is 0.452 e. The zero-order valence-corrected chi connectivity index (χ0v) is 27.1. The van der Waals surface area contributed by atoms with Crippen molar-refractivity contribution >= 4 is 43.9 Å². The normalized spacial score (nSPS) is 11.6. The van der Waals surface area contributed by atoms with E-state index < -0.39 is 0 Å². The molecular formula is C48H30O2. The van der Waals surface area contributed by atoms with Crippen LogP contribution in [-0.4, -0.2) is 0 Å². The van der Waals surface area contributed by atoms with Gasteiger partial charge in [-0.1, -0.05) is 133 Å². The molecule has 10 rings (SSSR count). The van der Waals surface area contributed by atoms with E-state index in [2.05, 4.69) is 182 Å². The van der Waals surface area contributed by atoms with Gasteiger partial charge in [0.1, 0.15) is 11.2 Å². The van der Waals surface area contributed by atoms with E-state index in [1.54, 1.807) is 0 Å². The maximum absolute atomic E-state index is 6.80. The number of hydrogen-bond acceptors (Lipinski definition) is 2. The van der Waals surface area contributed by atoms with E-state index in [1.807, 2.05) is 0 Å². The number of furan rings is 2. The van der Waals surface area contributed by atoms with Gasteiger partial charge in [-0.15, -0.1) is 0 Å². The van der Waals surface area contributed by atoms with Crippen LogP contribution in [0, 0.1) is 0 Å². The third-order valence-electron chi connectivity index (χ3n) is 9.85. The summed E-state index contributed by atoms with van der Waals surface area (Å²) in [7, 11) is 0.